The fourth-order valence-corrected chi connectivity index (χ4v) is 3.88. The number of benzene rings is 2. The summed E-state index contributed by atoms with van der Waals surface area (Å²) in [5.74, 6) is -0.575. The summed E-state index contributed by atoms with van der Waals surface area (Å²) in [6.45, 7) is 9.11. The molecule has 0 spiro atoms. The topological polar surface area (TPSA) is 54.5 Å². The minimum atomic E-state index is -4.02. The number of aryl methyl sites for hydroxylation is 2. The Balaban J connectivity index is 2.71. The Bertz CT molecular complexity index is 922. The number of carbonyl (C=O) groups is 1. The van der Waals surface area contributed by atoms with E-state index in [2.05, 4.69) is 0 Å². The number of nitrogens with zero attached hydrogens (tertiary/aromatic N) is 1. The van der Waals surface area contributed by atoms with Crippen LogP contribution in [0.4, 0.5) is 5.69 Å². The van der Waals surface area contributed by atoms with E-state index >= 15 is 0 Å². The second-order valence-electron chi connectivity index (χ2n) is 6.36. The van der Waals surface area contributed by atoms with Crippen molar-refractivity contribution in [3.05, 3.63) is 70.8 Å². The summed E-state index contributed by atoms with van der Waals surface area (Å²) >= 11 is 0. The van der Waals surface area contributed by atoms with Crippen LogP contribution >= 0.6 is 0 Å². The van der Waals surface area contributed by atoms with Crippen LogP contribution in [0, 0.1) is 20.8 Å². The van der Waals surface area contributed by atoms with E-state index in [4.69, 9.17) is 0 Å². The fraction of sp³-hybridized carbons (Fsp3) is 0.250. The van der Waals surface area contributed by atoms with Gasteiger partial charge in [0, 0.05) is 6.08 Å². The Labute approximate surface area is 149 Å². The zero-order valence-electron chi connectivity index (χ0n) is 15.2. The van der Waals surface area contributed by atoms with Crippen molar-refractivity contribution in [3.63, 3.8) is 0 Å². The van der Waals surface area contributed by atoms with E-state index in [1.54, 1.807) is 38.1 Å². The Morgan fingerprint density at radius 1 is 0.960 bits per heavy atom. The molecule has 132 valence electrons. The van der Waals surface area contributed by atoms with Gasteiger partial charge in [-0.3, -0.25) is 4.79 Å². The van der Waals surface area contributed by atoms with Crippen molar-refractivity contribution >= 4 is 21.6 Å². The summed E-state index contributed by atoms with van der Waals surface area (Å²) in [4.78, 5) is 12.9. The minimum Gasteiger partial charge on any atom is -0.268 e. The Kier molecular flexibility index (Phi) is 5.48. The molecule has 0 heterocycles. The molecule has 0 radical (unpaired) electrons. The highest BCUT2D eigenvalue weighted by atomic mass is 32.2. The molecule has 0 aromatic heterocycles. The number of amides is 1. The second kappa shape index (κ2) is 7.23. The molecular weight excluding hydrogens is 334 g/mol. The van der Waals surface area contributed by atoms with E-state index in [-0.39, 0.29) is 4.90 Å². The molecule has 0 saturated carbocycles. The van der Waals surface area contributed by atoms with E-state index in [0.717, 1.165) is 26.6 Å². The van der Waals surface area contributed by atoms with Gasteiger partial charge in [-0.2, -0.15) is 4.31 Å². The normalized spacial score (nSPS) is 11.1. The van der Waals surface area contributed by atoms with Crippen LogP contribution in [0.2, 0.25) is 0 Å². The van der Waals surface area contributed by atoms with E-state index in [1.807, 2.05) is 26.8 Å². The lowest BCUT2D eigenvalue weighted by molar-refractivity contribution is -0.113. The summed E-state index contributed by atoms with van der Waals surface area (Å²) in [7, 11) is -4.02. The summed E-state index contributed by atoms with van der Waals surface area (Å²) in [6, 6.07) is 11.8. The summed E-state index contributed by atoms with van der Waals surface area (Å²) in [5, 5.41) is 0. The quantitative estimate of drug-likeness (QED) is 0.767. The number of anilines is 1. The predicted molar refractivity (Wildman–Crippen MR) is 101 cm³/mol. The van der Waals surface area contributed by atoms with Crippen molar-refractivity contribution in [2.24, 2.45) is 0 Å². The molecule has 0 atom stereocenters. The van der Waals surface area contributed by atoms with Crippen LogP contribution in [-0.2, 0) is 14.8 Å². The van der Waals surface area contributed by atoms with Crippen LogP contribution in [0.15, 0.2) is 59.0 Å². The SMILES string of the molecule is CC(C)=CC(=O)N(c1cccc(C)c1C)S(=O)(=O)c1ccc(C)cc1. The van der Waals surface area contributed by atoms with E-state index in [9.17, 15) is 13.2 Å². The molecule has 4 nitrogen and oxygen atoms in total. The highest BCUT2D eigenvalue weighted by molar-refractivity contribution is 7.93. The van der Waals surface area contributed by atoms with E-state index in [0.29, 0.717) is 5.69 Å². The van der Waals surface area contributed by atoms with Gasteiger partial charge in [-0.1, -0.05) is 35.4 Å². The summed E-state index contributed by atoms with van der Waals surface area (Å²) < 4.78 is 27.3. The van der Waals surface area contributed by atoms with Crippen LogP contribution in [0.1, 0.15) is 30.5 Å². The molecule has 0 N–H and O–H groups in total. The molecule has 0 aliphatic rings. The van der Waals surface area contributed by atoms with Gasteiger partial charge >= 0.3 is 0 Å². The molecule has 5 heteroatoms. The number of carbonyl (C=O) groups excluding carboxylic acids is 1. The fourth-order valence-electron chi connectivity index (χ4n) is 2.44. The first-order valence-corrected chi connectivity index (χ1v) is 9.45. The van der Waals surface area contributed by atoms with Gasteiger partial charge in [-0.25, -0.2) is 8.42 Å². The first-order valence-electron chi connectivity index (χ1n) is 8.01. The second-order valence-corrected chi connectivity index (χ2v) is 8.15. The standard InChI is InChI=1S/C20H23NO3S/c1-14(2)13-20(22)21(19-8-6-7-16(4)17(19)5)25(23,24)18-11-9-15(3)10-12-18/h6-13H,1-5H3. The number of hydrogen-bond donors (Lipinski definition) is 0. The molecule has 2 rings (SSSR count). The van der Waals surface area contributed by atoms with Gasteiger partial charge in [0.25, 0.3) is 15.9 Å². The maximum Gasteiger partial charge on any atom is 0.271 e. The molecule has 0 fully saturated rings. The molecule has 0 saturated heterocycles. The molecule has 1 amide bonds. The molecule has 25 heavy (non-hydrogen) atoms. The molecule has 0 aliphatic carbocycles. The van der Waals surface area contributed by atoms with E-state index in [1.165, 1.54) is 18.2 Å². The van der Waals surface area contributed by atoms with Crippen LogP contribution in [-0.4, -0.2) is 14.3 Å². The monoisotopic (exact) mass is 357 g/mol. The predicted octanol–water partition coefficient (Wildman–Crippen LogP) is 4.30. The Hall–Kier alpha value is -2.40. The van der Waals surface area contributed by atoms with Gasteiger partial charge < -0.3 is 0 Å². The van der Waals surface area contributed by atoms with Crippen molar-refractivity contribution in [2.75, 3.05) is 4.31 Å². The average Bonchev–Trinajstić information content (AvgIpc) is 2.51. The lowest BCUT2D eigenvalue weighted by Crippen LogP contribution is -2.36. The summed E-state index contributed by atoms with van der Waals surface area (Å²) in [5.41, 5.74) is 3.75. The zero-order chi connectivity index (χ0) is 18.8. The van der Waals surface area contributed by atoms with Gasteiger partial charge in [0.15, 0.2) is 0 Å². The van der Waals surface area contributed by atoms with E-state index < -0.39 is 15.9 Å². The third kappa shape index (κ3) is 3.99. The summed E-state index contributed by atoms with van der Waals surface area (Å²) in [6.07, 6.45) is 1.34. The van der Waals surface area contributed by atoms with Crippen LogP contribution in [0.5, 0.6) is 0 Å². The van der Waals surface area contributed by atoms with Gasteiger partial charge in [0.2, 0.25) is 0 Å². The molecule has 0 unspecified atom stereocenters. The molecule has 2 aromatic carbocycles. The maximum atomic E-state index is 13.2. The lowest BCUT2D eigenvalue weighted by atomic mass is 10.1. The van der Waals surface area contributed by atoms with Crippen molar-refractivity contribution in [2.45, 2.75) is 39.5 Å². The van der Waals surface area contributed by atoms with Crippen LogP contribution in [0.25, 0.3) is 0 Å². The first kappa shape index (κ1) is 18.9. The highest BCUT2D eigenvalue weighted by Gasteiger charge is 2.31. The lowest BCUT2D eigenvalue weighted by Gasteiger charge is -2.24. The maximum absolute atomic E-state index is 13.2. The molecular formula is C20H23NO3S. The number of rotatable bonds is 4. The molecule has 0 bridgehead atoms. The van der Waals surface area contributed by atoms with Gasteiger partial charge in [0.05, 0.1) is 10.6 Å². The first-order chi connectivity index (χ1) is 11.6. The highest BCUT2D eigenvalue weighted by Crippen LogP contribution is 2.29. The van der Waals surface area contributed by atoms with Crippen LogP contribution in [0.3, 0.4) is 0 Å². The van der Waals surface area contributed by atoms with Gasteiger partial charge in [-0.15, -0.1) is 0 Å². The third-order valence-corrected chi connectivity index (χ3v) is 5.69. The average molecular weight is 357 g/mol. The number of allylic oxidation sites excluding steroid dienone is 1. The van der Waals surface area contributed by atoms with Crippen LogP contribution < -0.4 is 4.31 Å². The molecule has 2 aromatic rings. The third-order valence-electron chi connectivity index (χ3n) is 3.97. The number of hydrogen-bond acceptors (Lipinski definition) is 3. The Morgan fingerprint density at radius 3 is 2.12 bits per heavy atom. The van der Waals surface area contributed by atoms with Gasteiger partial charge in [0.1, 0.15) is 0 Å². The largest absolute Gasteiger partial charge is 0.271 e. The van der Waals surface area contributed by atoms with Crippen molar-refractivity contribution in [3.8, 4) is 0 Å². The Morgan fingerprint density at radius 2 is 1.56 bits per heavy atom. The minimum absolute atomic E-state index is 0.0921. The van der Waals surface area contributed by atoms with Crippen molar-refractivity contribution in [1.82, 2.24) is 0 Å². The van der Waals surface area contributed by atoms with Gasteiger partial charge in [-0.05, 0) is 63.9 Å². The van der Waals surface area contributed by atoms with Crippen molar-refractivity contribution < 1.29 is 13.2 Å². The molecule has 0 aliphatic heterocycles. The number of sulfonamides is 1. The smallest absolute Gasteiger partial charge is 0.268 e. The van der Waals surface area contributed by atoms with Crippen molar-refractivity contribution in [1.29, 1.82) is 0 Å². The zero-order valence-corrected chi connectivity index (χ0v) is 16.0.